The standard InChI is InChI=1S/C5H10Cl4P/c1-2-3-4-5(6)10(7,8)9/h5H,2-4H2,1H3/q+1. The van der Waals surface area contributed by atoms with Gasteiger partial charge in [0.25, 0.3) is 0 Å². The third-order valence-corrected chi connectivity index (χ3v) is 6.12. The summed E-state index contributed by atoms with van der Waals surface area (Å²) in [4.78, 5) is 0. The summed E-state index contributed by atoms with van der Waals surface area (Å²) in [5.74, 6) is 0. The molecule has 0 aromatic carbocycles. The van der Waals surface area contributed by atoms with Crippen LogP contribution in [0, 0.1) is 0 Å². The Morgan fingerprint density at radius 1 is 1.30 bits per heavy atom. The van der Waals surface area contributed by atoms with Crippen molar-refractivity contribution >= 4 is 50.6 Å². The van der Waals surface area contributed by atoms with Crippen LogP contribution in [0.4, 0.5) is 0 Å². The molecule has 62 valence electrons. The molecule has 0 fully saturated rings. The molecule has 0 rings (SSSR count). The number of halogens is 4. The normalized spacial score (nSPS) is 15.3. The molecule has 0 nitrogen and oxygen atoms in total. The van der Waals surface area contributed by atoms with Gasteiger partial charge in [0.2, 0.25) is 0 Å². The molecular formula is C5H10Cl4P+. The van der Waals surface area contributed by atoms with Crippen molar-refractivity contribution in [3.05, 3.63) is 0 Å². The van der Waals surface area contributed by atoms with E-state index in [4.69, 9.17) is 45.3 Å². The lowest BCUT2D eigenvalue weighted by Gasteiger charge is -2.06. The van der Waals surface area contributed by atoms with Gasteiger partial charge in [0.05, 0.1) is 0 Å². The maximum absolute atomic E-state index is 5.79. The molecule has 0 aliphatic rings. The highest BCUT2D eigenvalue weighted by Crippen LogP contribution is 2.79. The number of hydrogen-bond donors (Lipinski definition) is 0. The molecule has 0 N–H and O–H groups in total. The predicted molar refractivity (Wildman–Crippen MR) is 53.6 cm³/mol. The average molecular weight is 243 g/mol. The van der Waals surface area contributed by atoms with Crippen molar-refractivity contribution in [1.82, 2.24) is 0 Å². The summed E-state index contributed by atoms with van der Waals surface area (Å²) in [6.45, 7) is 2.08. The van der Waals surface area contributed by atoms with Crippen LogP contribution in [0.2, 0.25) is 0 Å². The van der Waals surface area contributed by atoms with Crippen molar-refractivity contribution in [3.63, 3.8) is 0 Å². The highest BCUT2D eigenvalue weighted by atomic mass is 36.1. The molecule has 0 saturated carbocycles. The van der Waals surface area contributed by atoms with Crippen molar-refractivity contribution < 1.29 is 0 Å². The van der Waals surface area contributed by atoms with E-state index in [1.807, 2.05) is 0 Å². The van der Waals surface area contributed by atoms with Crippen LogP contribution >= 0.6 is 50.6 Å². The molecule has 10 heavy (non-hydrogen) atoms. The van der Waals surface area contributed by atoms with E-state index in [1.54, 1.807) is 0 Å². The fraction of sp³-hybridized carbons (Fsp3) is 1.00. The van der Waals surface area contributed by atoms with Crippen LogP contribution in [0.5, 0.6) is 0 Å². The van der Waals surface area contributed by atoms with Crippen molar-refractivity contribution in [1.29, 1.82) is 0 Å². The van der Waals surface area contributed by atoms with Gasteiger partial charge in [-0.05, 0) is 6.42 Å². The Morgan fingerprint density at radius 3 is 2.10 bits per heavy atom. The van der Waals surface area contributed by atoms with Crippen LogP contribution in [0.3, 0.4) is 0 Å². The van der Waals surface area contributed by atoms with Crippen LogP contribution in [0.15, 0.2) is 0 Å². The Hall–Kier alpha value is 1.59. The summed E-state index contributed by atoms with van der Waals surface area (Å²) >= 11 is 22.7. The fourth-order valence-electron chi connectivity index (χ4n) is 0.519. The Bertz CT molecular complexity index is 90.1. The molecule has 0 amide bonds. The first-order valence-electron chi connectivity index (χ1n) is 3.10. The van der Waals surface area contributed by atoms with E-state index >= 15 is 0 Å². The van der Waals surface area contributed by atoms with E-state index in [2.05, 4.69) is 6.92 Å². The number of unbranched alkanes of at least 4 members (excludes halogenated alkanes) is 1. The van der Waals surface area contributed by atoms with E-state index in [-0.39, 0.29) is 5.12 Å². The summed E-state index contributed by atoms with van der Waals surface area (Å²) in [5, 5.41) is -2.61. The summed E-state index contributed by atoms with van der Waals surface area (Å²) < 4.78 is 0. The Morgan fingerprint density at radius 2 is 1.80 bits per heavy atom. The molecule has 5 heteroatoms. The molecule has 0 spiro atoms. The fourth-order valence-corrected chi connectivity index (χ4v) is 2.03. The second-order valence-corrected chi connectivity index (χ2v) is 10.8. The van der Waals surface area contributed by atoms with Crippen LogP contribution in [-0.4, -0.2) is 5.12 Å². The van der Waals surface area contributed by atoms with E-state index in [0.717, 1.165) is 19.3 Å². The maximum Gasteiger partial charge on any atom is 0.325 e. The van der Waals surface area contributed by atoms with Gasteiger partial charge in [0, 0.05) is 6.42 Å². The molecule has 1 atom stereocenters. The van der Waals surface area contributed by atoms with Gasteiger partial charge in [-0.1, -0.05) is 24.9 Å². The number of alkyl halides is 1. The Labute approximate surface area is 81.9 Å². The first-order chi connectivity index (χ1) is 4.48. The predicted octanol–water partition coefficient (Wildman–Crippen LogP) is 5.22. The second-order valence-electron chi connectivity index (χ2n) is 2.06. The van der Waals surface area contributed by atoms with E-state index in [1.165, 1.54) is 0 Å². The van der Waals surface area contributed by atoms with Gasteiger partial charge in [-0.15, -0.1) is 0 Å². The number of rotatable bonds is 4. The second kappa shape index (κ2) is 5.27. The lowest BCUT2D eigenvalue weighted by atomic mass is 10.3. The molecule has 0 saturated heterocycles. The summed E-state index contributed by atoms with van der Waals surface area (Å²) in [5.41, 5.74) is 0. The quantitative estimate of drug-likeness (QED) is 0.468. The zero-order chi connectivity index (χ0) is 8.20. The van der Waals surface area contributed by atoms with Gasteiger partial charge in [-0.3, -0.25) is 0 Å². The van der Waals surface area contributed by atoms with Crippen molar-refractivity contribution in [2.45, 2.75) is 31.3 Å². The average Bonchev–Trinajstić information content (AvgIpc) is 1.80. The SMILES string of the molecule is CCCCC(Cl)[P+](Cl)(Cl)Cl. The molecule has 0 aliphatic heterocycles. The summed E-state index contributed by atoms with van der Waals surface area (Å²) in [6.07, 6.45) is 2.93. The highest BCUT2D eigenvalue weighted by Gasteiger charge is 2.42. The monoisotopic (exact) mass is 241 g/mol. The molecular weight excluding hydrogens is 233 g/mol. The van der Waals surface area contributed by atoms with Crippen LogP contribution < -0.4 is 0 Å². The molecule has 0 aliphatic carbocycles. The molecule has 1 unspecified atom stereocenters. The number of hydrogen-bond acceptors (Lipinski definition) is 0. The first kappa shape index (κ1) is 11.6. The van der Waals surface area contributed by atoms with E-state index < -0.39 is 5.32 Å². The molecule has 0 aromatic rings. The zero-order valence-corrected chi connectivity index (χ0v) is 9.58. The van der Waals surface area contributed by atoms with Gasteiger partial charge >= 0.3 is 5.32 Å². The van der Waals surface area contributed by atoms with Crippen molar-refractivity contribution in [2.75, 3.05) is 0 Å². The van der Waals surface area contributed by atoms with E-state index in [0.29, 0.717) is 0 Å². The highest BCUT2D eigenvalue weighted by molar-refractivity contribution is 8.33. The minimum Gasteiger partial charge on any atom is -0.0736 e. The summed E-state index contributed by atoms with van der Waals surface area (Å²) in [6, 6.07) is 0. The molecule has 0 bridgehead atoms. The third kappa shape index (κ3) is 5.27. The first-order valence-corrected chi connectivity index (χ1v) is 8.11. The van der Waals surface area contributed by atoms with E-state index in [9.17, 15) is 0 Å². The lowest BCUT2D eigenvalue weighted by molar-refractivity contribution is 0.758. The van der Waals surface area contributed by atoms with Gasteiger partial charge < -0.3 is 0 Å². The zero-order valence-electron chi connectivity index (χ0n) is 5.66. The largest absolute Gasteiger partial charge is 0.325 e. The van der Waals surface area contributed by atoms with Gasteiger partial charge in [0.15, 0.2) is 5.12 Å². The minimum absolute atomic E-state index is 0.252. The third-order valence-electron chi connectivity index (χ3n) is 1.11. The van der Waals surface area contributed by atoms with Gasteiger partial charge in [-0.25, -0.2) is 0 Å². The van der Waals surface area contributed by atoms with Gasteiger partial charge in [0.1, 0.15) is 33.7 Å². The molecule has 0 heterocycles. The van der Waals surface area contributed by atoms with Crippen molar-refractivity contribution in [3.8, 4) is 0 Å². The maximum atomic E-state index is 5.79. The topological polar surface area (TPSA) is 0 Å². The Balaban J connectivity index is 3.52. The van der Waals surface area contributed by atoms with Gasteiger partial charge in [-0.2, -0.15) is 0 Å². The van der Waals surface area contributed by atoms with Crippen LogP contribution in [-0.2, 0) is 0 Å². The van der Waals surface area contributed by atoms with Crippen LogP contribution in [0.25, 0.3) is 0 Å². The minimum atomic E-state index is -2.35. The van der Waals surface area contributed by atoms with Crippen molar-refractivity contribution in [2.24, 2.45) is 0 Å². The molecule has 0 aromatic heterocycles. The smallest absolute Gasteiger partial charge is 0.0736 e. The van der Waals surface area contributed by atoms with Crippen LogP contribution in [0.1, 0.15) is 26.2 Å². The molecule has 0 radical (unpaired) electrons. The lowest BCUT2D eigenvalue weighted by Crippen LogP contribution is -1.92. The summed E-state index contributed by atoms with van der Waals surface area (Å²) in [7, 11) is 0. The Kier molecular flexibility index (Phi) is 6.11.